The zero-order valence-corrected chi connectivity index (χ0v) is 37.4. The van der Waals surface area contributed by atoms with E-state index in [9.17, 15) is 39.2 Å². The third kappa shape index (κ3) is 38.0. The van der Waals surface area contributed by atoms with Crippen LogP contribution in [0, 0.1) is 0 Å². The minimum Gasteiger partial charge on any atom is -0.480 e. The normalized spacial score (nSPS) is 16.0. The van der Waals surface area contributed by atoms with Crippen LogP contribution < -0.4 is 5.73 Å². The number of aliphatic hydroxyl groups excluding tert-OH is 3. The number of nitrogens with two attached hydrogens (primary N) is 1. The first-order valence-corrected chi connectivity index (χ1v) is 23.4. The summed E-state index contributed by atoms with van der Waals surface area (Å²) in [5, 5.41) is 39.4. The van der Waals surface area contributed by atoms with Crippen LogP contribution in [0.25, 0.3) is 0 Å². The standard InChI is InChI=1S/C46H76NO13P/c1-3-5-7-8-9-10-11-12-13-14-15-16-17-18-19-24-28-34-44(51)57-36-40(37-58-61(55,56)59-38-41(47)46(53)54)60-45(52)35-29-33-43(50)42(49)32-27-23-21-20-22-26-31-39(48)30-25-6-4-2/h9-10,12-13,15-16,20-23,26-27,31-32,39-43,48-50H,3-8,11,14,17-19,24-25,28-30,33-38,47H2,1-2H3,(H,53,54)(H,55,56)/b10-9-,13-12-,16-15-,22-20-,23-21+,31-26+,32-27+/t39-,40+,41-,42-,43-/m0/s1. The van der Waals surface area contributed by atoms with Crippen molar-refractivity contribution >= 4 is 25.7 Å². The van der Waals surface area contributed by atoms with Crippen LogP contribution in [-0.4, -0.2) is 93.5 Å². The molecule has 0 amide bonds. The molecule has 0 aromatic carbocycles. The number of allylic oxidation sites excluding steroid dienone is 12. The van der Waals surface area contributed by atoms with Crippen LogP contribution in [0.1, 0.15) is 136 Å². The topological polar surface area (TPSA) is 232 Å². The van der Waals surface area contributed by atoms with Crippen molar-refractivity contribution in [2.45, 2.75) is 166 Å². The zero-order valence-electron chi connectivity index (χ0n) is 36.6. The minimum absolute atomic E-state index is 0.0419. The fourth-order valence-corrected chi connectivity index (χ4v) is 6.11. The molecule has 0 bridgehead atoms. The van der Waals surface area contributed by atoms with Gasteiger partial charge in [-0.3, -0.25) is 23.4 Å². The molecule has 1 unspecified atom stereocenters. The van der Waals surface area contributed by atoms with Gasteiger partial charge in [0.1, 0.15) is 12.6 Å². The Morgan fingerprint density at radius 3 is 1.80 bits per heavy atom. The Bertz CT molecular complexity index is 1410. The number of carboxylic acids is 1. The number of carbonyl (C=O) groups is 3. The molecule has 0 aliphatic rings. The first-order chi connectivity index (χ1) is 29.3. The Labute approximate surface area is 364 Å². The highest BCUT2D eigenvalue weighted by atomic mass is 31.2. The highest BCUT2D eigenvalue weighted by Crippen LogP contribution is 2.43. The Morgan fingerprint density at radius 1 is 0.623 bits per heavy atom. The van der Waals surface area contributed by atoms with Crippen molar-refractivity contribution in [3.63, 3.8) is 0 Å². The second-order valence-electron chi connectivity index (χ2n) is 14.7. The number of carbonyl (C=O) groups excluding carboxylic acids is 2. The molecule has 0 rings (SSSR count). The Kier molecular flexibility index (Phi) is 37.2. The number of phosphoric ester groups is 1. The lowest BCUT2D eigenvalue weighted by molar-refractivity contribution is -0.161. The lowest BCUT2D eigenvalue weighted by Gasteiger charge is -2.20. The maximum absolute atomic E-state index is 12.7. The number of carboxylic acid groups (broad SMARTS) is 1. The van der Waals surface area contributed by atoms with Crippen LogP contribution in [0.3, 0.4) is 0 Å². The van der Waals surface area contributed by atoms with Gasteiger partial charge in [0.2, 0.25) is 0 Å². The highest BCUT2D eigenvalue weighted by molar-refractivity contribution is 7.47. The van der Waals surface area contributed by atoms with Gasteiger partial charge in [-0.2, -0.15) is 0 Å². The van der Waals surface area contributed by atoms with Crippen molar-refractivity contribution in [3.8, 4) is 0 Å². The maximum Gasteiger partial charge on any atom is 0.472 e. The van der Waals surface area contributed by atoms with E-state index in [1.807, 2.05) is 0 Å². The Balaban J connectivity index is 4.75. The second-order valence-corrected chi connectivity index (χ2v) is 16.1. The van der Waals surface area contributed by atoms with Gasteiger partial charge in [0.15, 0.2) is 6.10 Å². The molecule has 348 valence electrons. The minimum atomic E-state index is -4.83. The summed E-state index contributed by atoms with van der Waals surface area (Å²) in [5.74, 6) is -2.80. The highest BCUT2D eigenvalue weighted by Gasteiger charge is 2.28. The van der Waals surface area contributed by atoms with Gasteiger partial charge < -0.3 is 40.5 Å². The number of unbranched alkanes of at least 4 members (excludes halogenated alkanes) is 9. The van der Waals surface area contributed by atoms with Crippen molar-refractivity contribution in [2.75, 3.05) is 19.8 Å². The van der Waals surface area contributed by atoms with Crippen molar-refractivity contribution < 1.29 is 62.8 Å². The van der Waals surface area contributed by atoms with Crippen LogP contribution in [0.5, 0.6) is 0 Å². The lowest BCUT2D eigenvalue weighted by atomic mass is 10.1. The van der Waals surface area contributed by atoms with Gasteiger partial charge in [0.05, 0.1) is 31.5 Å². The molecule has 0 aliphatic carbocycles. The van der Waals surface area contributed by atoms with Gasteiger partial charge in [0, 0.05) is 12.8 Å². The van der Waals surface area contributed by atoms with Gasteiger partial charge in [0.25, 0.3) is 0 Å². The second kappa shape index (κ2) is 39.4. The van der Waals surface area contributed by atoms with Crippen LogP contribution >= 0.6 is 7.82 Å². The molecule has 0 fully saturated rings. The number of esters is 2. The number of aliphatic hydroxyl groups is 3. The molecular formula is C46H76NO13P. The quantitative estimate of drug-likeness (QED) is 0.0112. The van der Waals surface area contributed by atoms with E-state index in [1.54, 1.807) is 42.5 Å². The number of rotatable bonds is 39. The predicted molar refractivity (Wildman–Crippen MR) is 239 cm³/mol. The number of phosphoric acid groups is 1. The van der Waals surface area contributed by atoms with E-state index in [4.69, 9.17) is 24.8 Å². The van der Waals surface area contributed by atoms with E-state index in [1.165, 1.54) is 25.3 Å². The number of aliphatic carboxylic acids is 1. The van der Waals surface area contributed by atoms with Gasteiger partial charge >= 0.3 is 25.7 Å². The van der Waals surface area contributed by atoms with Crippen LogP contribution in [0.15, 0.2) is 85.1 Å². The molecule has 0 radical (unpaired) electrons. The van der Waals surface area contributed by atoms with Gasteiger partial charge in [-0.1, -0.05) is 144 Å². The number of hydrogen-bond donors (Lipinski definition) is 6. The Morgan fingerprint density at radius 2 is 1.16 bits per heavy atom. The van der Waals surface area contributed by atoms with E-state index in [2.05, 4.69) is 54.8 Å². The average molecular weight is 882 g/mol. The smallest absolute Gasteiger partial charge is 0.472 e. The third-order valence-corrected chi connectivity index (χ3v) is 9.93. The monoisotopic (exact) mass is 882 g/mol. The molecule has 0 aromatic heterocycles. The maximum atomic E-state index is 12.7. The average Bonchev–Trinajstić information content (AvgIpc) is 3.22. The van der Waals surface area contributed by atoms with E-state index in [0.29, 0.717) is 6.42 Å². The molecular weight excluding hydrogens is 805 g/mol. The van der Waals surface area contributed by atoms with Gasteiger partial charge in [-0.25, -0.2) is 4.57 Å². The molecule has 0 spiro atoms. The van der Waals surface area contributed by atoms with E-state index >= 15 is 0 Å². The largest absolute Gasteiger partial charge is 0.480 e. The molecule has 15 heteroatoms. The van der Waals surface area contributed by atoms with Crippen molar-refractivity contribution in [1.82, 2.24) is 0 Å². The SMILES string of the molecule is CCCCC/C=C\C/C=C\C/C=C\CCCCCCC(=O)OC[C@H](COP(=O)(O)OC[C@H](N)C(=O)O)OC(=O)CCC[C@H](O)[C@@H](O)/C=C/C=C/C=C\C=C\[C@@H](O)CCCCC. The fraction of sp³-hybridized carbons (Fsp3) is 0.630. The lowest BCUT2D eigenvalue weighted by Crippen LogP contribution is -2.34. The first kappa shape index (κ1) is 57.5. The van der Waals surface area contributed by atoms with Crippen molar-refractivity contribution in [3.05, 3.63) is 85.1 Å². The summed E-state index contributed by atoms with van der Waals surface area (Å²) in [6, 6.07) is -1.59. The molecule has 0 saturated heterocycles. The van der Waals surface area contributed by atoms with Gasteiger partial charge in [-0.05, 0) is 64.2 Å². The van der Waals surface area contributed by atoms with Gasteiger partial charge in [-0.15, -0.1) is 0 Å². The molecule has 0 aromatic rings. The fourth-order valence-electron chi connectivity index (χ4n) is 5.34. The molecule has 14 nitrogen and oxygen atoms in total. The summed E-state index contributed by atoms with van der Waals surface area (Å²) in [6.45, 7) is 2.28. The van der Waals surface area contributed by atoms with Crippen LogP contribution in [-0.2, 0) is 37.5 Å². The van der Waals surface area contributed by atoms with Crippen LogP contribution in [0.4, 0.5) is 0 Å². The number of ether oxygens (including phenoxy) is 2. The summed E-state index contributed by atoms with van der Waals surface area (Å²) in [4.78, 5) is 46.0. The molecule has 61 heavy (non-hydrogen) atoms. The van der Waals surface area contributed by atoms with E-state index < -0.39 is 76.0 Å². The van der Waals surface area contributed by atoms with Crippen LogP contribution in [0.2, 0.25) is 0 Å². The van der Waals surface area contributed by atoms with E-state index in [0.717, 1.165) is 70.6 Å². The van der Waals surface area contributed by atoms with E-state index in [-0.39, 0.29) is 25.7 Å². The summed E-state index contributed by atoms with van der Waals surface area (Å²) in [7, 11) is -4.83. The first-order valence-electron chi connectivity index (χ1n) is 21.9. The predicted octanol–water partition coefficient (Wildman–Crippen LogP) is 8.41. The Hall–Kier alpha value is -3.46. The number of hydrogen-bond acceptors (Lipinski definition) is 12. The molecule has 0 heterocycles. The third-order valence-electron chi connectivity index (χ3n) is 8.98. The van der Waals surface area contributed by atoms with Crippen molar-refractivity contribution in [2.24, 2.45) is 5.73 Å². The van der Waals surface area contributed by atoms with Crippen molar-refractivity contribution in [1.29, 1.82) is 0 Å². The summed E-state index contributed by atoms with van der Waals surface area (Å²) in [5.41, 5.74) is 5.31. The molecule has 7 N–H and O–H groups in total. The summed E-state index contributed by atoms with van der Waals surface area (Å²) < 4.78 is 32.4. The molecule has 6 atom stereocenters. The summed E-state index contributed by atoms with van der Waals surface area (Å²) in [6.07, 6.45) is 37.3. The molecule has 0 aliphatic heterocycles. The summed E-state index contributed by atoms with van der Waals surface area (Å²) >= 11 is 0. The molecule has 0 saturated carbocycles. The zero-order chi connectivity index (χ0) is 45.4.